The van der Waals surface area contributed by atoms with E-state index in [-0.39, 0.29) is 0 Å². The van der Waals surface area contributed by atoms with Crippen LogP contribution in [0, 0.1) is 11.8 Å². The first-order chi connectivity index (χ1) is 23.4. The number of carbonyl (C=O) groups is 2. The standard InChI is InChI=1S/C33H42O16/c1-15-25(38)29(48-23(37)9-6-17-4-7-19(42-3)8-5-17)30(45-16(2)36)33(44-15)46-21-12-18(13-34)24-20(21)10-11-43-31(24)49-32-28(41)27(40)26(39)22(14-35)47-32/h4-12,15,20-22,24-35,38-41H,13-14H2,1-3H3/b9-6+/t15-,20-,21+,22+,24+,25-,26+,27-,28+,29+,30+,31-,32-,33-/m0/s1. The molecule has 0 radical (unpaired) electrons. The van der Waals surface area contributed by atoms with Crippen molar-refractivity contribution in [3.05, 3.63) is 59.9 Å². The molecule has 2 saturated heterocycles. The van der Waals surface area contributed by atoms with Gasteiger partial charge in [-0.1, -0.05) is 18.2 Å². The van der Waals surface area contributed by atoms with Crippen LogP contribution < -0.4 is 4.74 Å². The van der Waals surface area contributed by atoms with Crippen LogP contribution in [0.25, 0.3) is 6.08 Å². The number of carbonyl (C=O) groups excluding carboxylic acids is 2. The van der Waals surface area contributed by atoms with Crippen molar-refractivity contribution >= 4 is 18.0 Å². The molecule has 4 aliphatic rings. The normalized spacial score (nSPS) is 38.8. The SMILES string of the molecule is COc1ccc(/C=C/C(=O)O[C@@H]2[C@@H](O)[C@H](C)O[C@@H](O[C@@H]3C=C(CO)[C@H]4[C@H](O[C@@H]5O[C@H](CO)[C@@H](O)[C@H](O)[C@H]5O)OC=C[C@H]43)[C@@H]2OC(C)=O)cc1. The van der Waals surface area contributed by atoms with Gasteiger partial charge in [-0.25, -0.2) is 4.79 Å². The average molecular weight is 695 g/mol. The van der Waals surface area contributed by atoms with Gasteiger partial charge in [0.15, 0.2) is 24.8 Å². The van der Waals surface area contributed by atoms with Gasteiger partial charge in [0.2, 0.25) is 6.29 Å². The lowest BCUT2D eigenvalue weighted by atomic mass is 9.88. The van der Waals surface area contributed by atoms with E-state index in [9.17, 15) is 40.2 Å². The second kappa shape index (κ2) is 16.1. The molecule has 0 bridgehead atoms. The van der Waals surface area contributed by atoms with E-state index in [1.54, 1.807) is 36.4 Å². The number of methoxy groups -OCH3 is 1. The first kappa shape index (κ1) is 36.9. The first-order valence-electron chi connectivity index (χ1n) is 15.7. The van der Waals surface area contributed by atoms with Crippen LogP contribution in [0.2, 0.25) is 0 Å². The molecule has 0 spiro atoms. The van der Waals surface area contributed by atoms with Crippen LogP contribution in [-0.2, 0) is 42.7 Å². The fourth-order valence-electron chi connectivity index (χ4n) is 6.24. The molecule has 16 heteroatoms. The number of benzene rings is 1. The van der Waals surface area contributed by atoms with Crippen molar-refractivity contribution in [2.75, 3.05) is 20.3 Å². The summed E-state index contributed by atoms with van der Waals surface area (Å²) in [5.41, 5.74) is 1.09. The molecular weight excluding hydrogens is 652 g/mol. The zero-order valence-electron chi connectivity index (χ0n) is 27.0. The van der Waals surface area contributed by atoms with Crippen molar-refractivity contribution in [3.8, 4) is 5.75 Å². The minimum Gasteiger partial charge on any atom is -0.497 e. The van der Waals surface area contributed by atoms with Crippen LogP contribution in [0.3, 0.4) is 0 Å². The maximum absolute atomic E-state index is 12.9. The van der Waals surface area contributed by atoms with E-state index in [0.717, 1.165) is 13.0 Å². The van der Waals surface area contributed by atoms with Gasteiger partial charge in [0, 0.05) is 18.9 Å². The van der Waals surface area contributed by atoms with E-state index in [1.165, 1.54) is 26.4 Å². The van der Waals surface area contributed by atoms with Crippen LogP contribution in [-0.4, -0.2) is 137 Å². The third-order valence-corrected chi connectivity index (χ3v) is 8.84. The van der Waals surface area contributed by atoms with Crippen LogP contribution >= 0.6 is 0 Å². The first-order valence-corrected chi connectivity index (χ1v) is 15.7. The van der Waals surface area contributed by atoms with E-state index >= 15 is 0 Å². The molecule has 2 fully saturated rings. The molecular formula is C33H42O16. The molecule has 5 rings (SSSR count). The van der Waals surface area contributed by atoms with E-state index in [4.69, 9.17) is 37.9 Å². The van der Waals surface area contributed by atoms with Crippen LogP contribution in [0.15, 0.2) is 54.3 Å². The van der Waals surface area contributed by atoms with Gasteiger partial charge in [-0.05, 0) is 42.3 Å². The topological polar surface area (TPSA) is 229 Å². The Balaban J connectivity index is 1.32. The zero-order valence-corrected chi connectivity index (χ0v) is 27.0. The molecule has 1 aromatic rings. The fraction of sp³-hybridized carbons (Fsp3) is 0.576. The maximum Gasteiger partial charge on any atom is 0.331 e. The summed E-state index contributed by atoms with van der Waals surface area (Å²) in [6.07, 6.45) is -9.01. The smallest absolute Gasteiger partial charge is 0.331 e. The van der Waals surface area contributed by atoms with Gasteiger partial charge in [-0.15, -0.1) is 0 Å². The van der Waals surface area contributed by atoms with Gasteiger partial charge in [0.25, 0.3) is 0 Å². The molecule has 1 aromatic carbocycles. The van der Waals surface area contributed by atoms with Crippen LogP contribution in [0.1, 0.15) is 19.4 Å². The highest BCUT2D eigenvalue weighted by Crippen LogP contribution is 2.43. The predicted molar refractivity (Wildman–Crippen MR) is 164 cm³/mol. The summed E-state index contributed by atoms with van der Waals surface area (Å²) in [5.74, 6) is -2.25. The third-order valence-electron chi connectivity index (χ3n) is 8.84. The van der Waals surface area contributed by atoms with Crippen molar-refractivity contribution in [1.29, 1.82) is 0 Å². The van der Waals surface area contributed by atoms with E-state index in [1.807, 2.05) is 0 Å². The highest BCUT2D eigenvalue weighted by molar-refractivity contribution is 5.87. The molecule has 3 aliphatic heterocycles. The summed E-state index contributed by atoms with van der Waals surface area (Å²) in [5, 5.41) is 61.6. The number of aliphatic hydroxyl groups is 6. The Kier molecular flexibility index (Phi) is 12.1. The summed E-state index contributed by atoms with van der Waals surface area (Å²) in [6.45, 7) is 1.56. The van der Waals surface area contributed by atoms with E-state index in [2.05, 4.69) is 0 Å². The number of esters is 2. The number of rotatable bonds is 11. The molecule has 3 heterocycles. The molecule has 6 N–H and O–H groups in total. The largest absolute Gasteiger partial charge is 0.497 e. The molecule has 14 atom stereocenters. The summed E-state index contributed by atoms with van der Waals surface area (Å²) >= 11 is 0. The lowest BCUT2D eigenvalue weighted by Crippen LogP contribution is -2.61. The minimum atomic E-state index is -1.69. The zero-order chi connectivity index (χ0) is 35.4. The van der Waals surface area contributed by atoms with Gasteiger partial charge in [0.05, 0.1) is 44.7 Å². The van der Waals surface area contributed by atoms with Crippen molar-refractivity contribution in [1.82, 2.24) is 0 Å². The third kappa shape index (κ3) is 8.15. The number of hydrogen-bond donors (Lipinski definition) is 6. The van der Waals surface area contributed by atoms with Crippen molar-refractivity contribution in [3.63, 3.8) is 0 Å². The highest BCUT2D eigenvalue weighted by atomic mass is 16.8. The monoisotopic (exact) mass is 694 g/mol. The molecule has 0 unspecified atom stereocenters. The number of hydrogen-bond acceptors (Lipinski definition) is 16. The van der Waals surface area contributed by atoms with Gasteiger partial charge >= 0.3 is 11.9 Å². The summed E-state index contributed by atoms with van der Waals surface area (Å²) < 4.78 is 45.5. The van der Waals surface area contributed by atoms with Crippen molar-refractivity contribution in [2.45, 2.75) is 87.7 Å². The number of ether oxygens (including phenoxy) is 8. The molecule has 49 heavy (non-hydrogen) atoms. The van der Waals surface area contributed by atoms with Crippen LogP contribution in [0.4, 0.5) is 0 Å². The molecule has 270 valence electrons. The Bertz CT molecular complexity index is 1380. The van der Waals surface area contributed by atoms with Gasteiger partial charge in [-0.2, -0.15) is 0 Å². The van der Waals surface area contributed by atoms with E-state index < -0.39 is 111 Å². The average Bonchev–Trinajstić information content (AvgIpc) is 3.46. The molecule has 0 saturated carbocycles. The lowest BCUT2D eigenvalue weighted by Gasteiger charge is -2.44. The lowest BCUT2D eigenvalue weighted by molar-refractivity contribution is -0.341. The molecule has 16 nitrogen and oxygen atoms in total. The van der Waals surface area contributed by atoms with Gasteiger partial charge < -0.3 is 68.5 Å². The van der Waals surface area contributed by atoms with Gasteiger partial charge in [0.1, 0.15) is 36.3 Å². The Morgan fingerprint density at radius 1 is 0.878 bits per heavy atom. The Morgan fingerprint density at radius 2 is 1.61 bits per heavy atom. The summed E-state index contributed by atoms with van der Waals surface area (Å²) in [6, 6.07) is 6.89. The molecule has 0 amide bonds. The molecule has 1 aliphatic carbocycles. The minimum absolute atomic E-state index is 0.411. The van der Waals surface area contributed by atoms with Crippen molar-refractivity contribution in [2.24, 2.45) is 11.8 Å². The Labute approximate surface area is 281 Å². The molecule has 0 aromatic heterocycles. The van der Waals surface area contributed by atoms with Crippen molar-refractivity contribution < 1.29 is 78.1 Å². The predicted octanol–water partition coefficient (Wildman–Crippen LogP) is -1.11. The van der Waals surface area contributed by atoms with E-state index in [0.29, 0.717) is 16.9 Å². The quantitative estimate of drug-likeness (QED) is 0.0917. The Morgan fingerprint density at radius 3 is 2.27 bits per heavy atom. The summed E-state index contributed by atoms with van der Waals surface area (Å²) in [4.78, 5) is 25.1. The van der Waals surface area contributed by atoms with Gasteiger partial charge in [-0.3, -0.25) is 4.79 Å². The second-order valence-corrected chi connectivity index (χ2v) is 12.1. The number of fused-ring (bicyclic) bond motifs is 1. The number of aliphatic hydroxyl groups excluding tert-OH is 6. The maximum atomic E-state index is 12.9. The van der Waals surface area contributed by atoms with Crippen LogP contribution in [0.5, 0.6) is 5.75 Å². The fourth-order valence-corrected chi connectivity index (χ4v) is 6.24. The highest BCUT2D eigenvalue weighted by Gasteiger charge is 2.53. The Hall–Kier alpha value is -3.42. The summed E-state index contributed by atoms with van der Waals surface area (Å²) in [7, 11) is 1.53. The second-order valence-electron chi connectivity index (χ2n) is 12.1.